The van der Waals surface area contributed by atoms with Crippen LogP contribution in [0.2, 0.25) is 0 Å². The third-order valence-corrected chi connectivity index (χ3v) is 14.3. The van der Waals surface area contributed by atoms with E-state index >= 15 is 0 Å². The minimum atomic E-state index is -0.258. The van der Waals surface area contributed by atoms with E-state index in [2.05, 4.69) is 49.0 Å². The number of unbranched alkanes of at least 4 members (excludes halogenated alkanes) is 8. The van der Waals surface area contributed by atoms with E-state index in [1.165, 1.54) is 13.8 Å². The zero-order valence-electron chi connectivity index (χ0n) is 48.6. The van der Waals surface area contributed by atoms with Gasteiger partial charge in [0, 0.05) is 118 Å². The van der Waals surface area contributed by atoms with Crippen LogP contribution in [0.25, 0.3) is 0 Å². The second kappa shape index (κ2) is 30.1. The zero-order chi connectivity index (χ0) is 57.0. The Morgan fingerprint density at radius 2 is 0.575 bits per heavy atom. The van der Waals surface area contributed by atoms with Crippen molar-refractivity contribution in [1.82, 2.24) is 0 Å². The average molecular weight is 1090 g/mol. The maximum Gasteiger partial charge on any atom is 0.255 e. The first kappa shape index (κ1) is 60.0. The van der Waals surface area contributed by atoms with Crippen molar-refractivity contribution in [3.05, 3.63) is 164 Å². The van der Waals surface area contributed by atoms with Crippen LogP contribution in [0.15, 0.2) is 97.1 Å². The number of anilines is 4. The Kier molecular flexibility index (Phi) is 22.6. The van der Waals surface area contributed by atoms with E-state index in [4.69, 9.17) is 18.9 Å². The third-order valence-electron chi connectivity index (χ3n) is 14.3. The Labute approximate surface area is 475 Å². The molecule has 0 atom stereocenters. The van der Waals surface area contributed by atoms with Gasteiger partial charge in [-0.15, -0.1) is 0 Å². The van der Waals surface area contributed by atoms with E-state index in [0.717, 1.165) is 133 Å². The number of aryl methyl sites for hydroxylation is 2. The number of amides is 4. The molecule has 7 rings (SSSR count). The average Bonchev–Trinajstić information content (AvgIpc) is 3.41. The Morgan fingerprint density at radius 3 is 0.787 bits per heavy atom. The summed E-state index contributed by atoms with van der Waals surface area (Å²) in [6.45, 7) is 17.5. The molecule has 0 aromatic heterocycles. The van der Waals surface area contributed by atoms with Crippen LogP contribution in [0, 0.1) is 13.8 Å². The van der Waals surface area contributed by atoms with Crippen molar-refractivity contribution in [1.29, 1.82) is 0 Å². The number of hydrogen-bond donors (Lipinski definition) is 4. The van der Waals surface area contributed by atoms with Gasteiger partial charge in [-0.1, -0.05) is 114 Å². The van der Waals surface area contributed by atoms with Crippen LogP contribution in [-0.4, -0.2) is 50.1 Å². The standard InChI is InChI=1S/C68H84N4O8/c1-9-13-17-29-77-63-51-33-52-38-60(70-48(8)74)40-54(64(52)78-30-18-14-10-2)35-56-42-62(72-68(76)50-27-23-46(6)24-28-50)44-58(66(56)80-32-20-16-12-4)36-57-43-61(71-67(75)49-25-21-45(5)22-26-49)41-55(65(57)79-31-19-15-11-3)34-53(63)39-59(37-51)69-47(7)73/h21-28,37-44H,9-20,29-36H2,1-8H3,(H,69,73)(H,70,74)(H,71,75)(H,72,76). The van der Waals surface area contributed by atoms with Crippen LogP contribution in [0.3, 0.4) is 0 Å². The Bertz CT molecular complexity index is 2870. The van der Waals surface area contributed by atoms with Crippen molar-refractivity contribution in [2.75, 3.05) is 47.7 Å². The van der Waals surface area contributed by atoms with Crippen LogP contribution in [0.4, 0.5) is 22.7 Å². The van der Waals surface area contributed by atoms with Gasteiger partial charge in [-0.3, -0.25) is 19.2 Å². The smallest absolute Gasteiger partial charge is 0.255 e. The van der Waals surface area contributed by atoms with Gasteiger partial charge in [0.05, 0.1) is 26.4 Å². The number of hydrogen-bond acceptors (Lipinski definition) is 8. The van der Waals surface area contributed by atoms with Gasteiger partial charge in [0.25, 0.3) is 11.8 Å². The Hall–Kier alpha value is -7.60. The first-order valence-corrected chi connectivity index (χ1v) is 29.2. The number of ether oxygens (including phenoxy) is 4. The lowest BCUT2D eigenvalue weighted by Crippen LogP contribution is -2.15. The lowest BCUT2D eigenvalue weighted by Gasteiger charge is -2.25. The fraction of sp³-hybridized carbons (Fsp3) is 0.412. The molecule has 424 valence electrons. The molecule has 12 heteroatoms. The number of fused-ring (bicyclic) bond motifs is 8. The fourth-order valence-electron chi connectivity index (χ4n) is 10.2. The van der Waals surface area contributed by atoms with E-state index in [-0.39, 0.29) is 30.0 Å². The molecule has 4 N–H and O–H groups in total. The van der Waals surface area contributed by atoms with Gasteiger partial charge in [0.15, 0.2) is 0 Å². The van der Waals surface area contributed by atoms with Crippen LogP contribution in [0.5, 0.6) is 23.0 Å². The summed E-state index contributed by atoms with van der Waals surface area (Å²) in [7, 11) is 0. The lowest BCUT2D eigenvalue weighted by molar-refractivity contribution is -0.115. The predicted octanol–water partition coefficient (Wildman–Crippen LogP) is 15.7. The molecule has 1 aliphatic rings. The largest absolute Gasteiger partial charge is 0.493 e. The minimum Gasteiger partial charge on any atom is -0.493 e. The van der Waals surface area contributed by atoms with Crippen molar-refractivity contribution in [2.24, 2.45) is 0 Å². The summed E-state index contributed by atoms with van der Waals surface area (Å²) in [5, 5.41) is 12.7. The Balaban J connectivity index is 1.58. The Morgan fingerprint density at radius 1 is 0.350 bits per heavy atom. The van der Waals surface area contributed by atoms with Gasteiger partial charge < -0.3 is 40.2 Å². The quantitative estimate of drug-likeness (QED) is 0.0391. The first-order valence-electron chi connectivity index (χ1n) is 29.2. The highest BCUT2D eigenvalue weighted by Gasteiger charge is 2.26. The molecule has 12 nitrogen and oxygen atoms in total. The number of carbonyl (C=O) groups is 4. The number of rotatable bonds is 26. The van der Waals surface area contributed by atoms with E-state index in [1.807, 2.05) is 111 Å². The van der Waals surface area contributed by atoms with E-state index in [9.17, 15) is 19.2 Å². The van der Waals surface area contributed by atoms with Crippen LogP contribution < -0.4 is 40.2 Å². The van der Waals surface area contributed by atoms with Gasteiger partial charge >= 0.3 is 0 Å². The van der Waals surface area contributed by atoms with Crippen molar-refractivity contribution in [3.8, 4) is 23.0 Å². The monoisotopic (exact) mass is 1080 g/mol. The molecule has 0 spiro atoms. The molecule has 0 radical (unpaired) electrons. The van der Waals surface area contributed by atoms with Gasteiger partial charge in [-0.25, -0.2) is 0 Å². The summed E-state index contributed by atoms with van der Waals surface area (Å²) >= 11 is 0. The molecule has 1 aliphatic carbocycles. The number of nitrogens with one attached hydrogen (secondary N) is 4. The highest BCUT2D eigenvalue weighted by molar-refractivity contribution is 6.05. The molecule has 0 unspecified atom stereocenters. The SMILES string of the molecule is CCCCCOc1c2cc(NC(C)=O)cc1Cc1cc(NC(=O)c3ccc(C)cc3)cc(c1OCCCCC)Cc1cc(NC(=O)c3ccc(C)cc3)cc(c1OCCCCC)Cc1cc(NC(C)=O)cc(c1OCCCCC)C2. The summed E-state index contributed by atoms with van der Waals surface area (Å²) in [6, 6.07) is 30.9. The van der Waals surface area contributed by atoms with Crippen molar-refractivity contribution in [3.63, 3.8) is 0 Å². The molecule has 0 fully saturated rings. The topological polar surface area (TPSA) is 153 Å². The van der Waals surface area contributed by atoms with E-state index < -0.39 is 0 Å². The maximum absolute atomic E-state index is 14.3. The minimum absolute atomic E-state index is 0.220. The molecule has 0 heterocycles. The first-order chi connectivity index (χ1) is 38.7. The van der Waals surface area contributed by atoms with Gasteiger partial charge in [0.1, 0.15) is 23.0 Å². The molecule has 6 aromatic carbocycles. The zero-order valence-corrected chi connectivity index (χ0v) is 48.6. The molecule has 0 saturated carbocycles. The van der Waals surface area contributed by atoms with Crippen molar-refractivity contribution >= 4 is 46.4 Å². The second-order valence-corrected chi connectivity index (χ2v) is 21.4. The lowest BCUT2D eigenvalue weighted by atomic mass is 9.90. The fourth-order valence-corrected chi connectivity index (χ4v) is 10.2. The molecule has 6 aromatic rings. The number of benzene rings is 6. The normalized spacial score (nSPS) is 11.8. The van der Waals surface area contributed by atoms with Crippen molar-refractivity contribution < 1.29 is 38.1 Å². The van der Waals surface area contributed by atoms with E-state index in [1.54, 1.807) is 0 Å². The van der Waals surface area contributed by atoms with Gasteiger partial charge in [-0.05, 0) is 112 Å². The summed E-state index contributed by atoms with van der Waals surface area (Å²) in [6.07, 6.45) is 12.5. The molecule has 4 amide bonds. The van der Waals surface area contributed by atoms with Crippen molar-refractivity contribution in [2.45, 2.75) is 158 Å². The number of carbonyl (C=O) groups excluding carboxylic acids is 4. The molecule has 8 bridgehead atoms. The predicted molar refractivity (Wildman–Crippen MR) is 324 cm³/mol. The molecular formula is C68H84N4O8. The molecule has 0 aliphatic heterocycles. The third kappa shape index (κ3) is 17.2. The summed E-state index contributed by atoms with van der Waals surface area (Å²) in [5.74, 6) is 1.75. The summed E-state index contributed by atoms with van der Waals surface area (Å²) < 4.78 is 28.1. The second-order valence-electron chi connectivity index (χ2n) is 21.4. The van der Waals surface area contributed by atoms with Gasteiger partial charge in [0.2, 0.25) is 11.8 Å². The van der Waals surface area contributed by atoms with Gasteiger partial charge in [-0.2, -0.15) is 0 Å². The highest BCUT2D eigenvalue weighted by atomic mass is 16.5. The maximum atomic E-state index is 14.3. The molecule has 0 saturated heterocycles. The summed E-state index contributed by atoms with van der Waals surface area (Å²) in [5.41, 5.74) is 12.0. The van der Waals surface area contributed by atoms with Crippen LogP contribution >= 0.6 is 0 Å². The van der Waals surface area contributed by atoms with Crippen LogP contribution in [-0.2, 0) is 35.3 Å². The molecule has 80 heavy (non-hydrogen) atoms. The van der Waals surface area contributed by atoms with E-state index in [0.29, 0.717) is 103 Å². The van der Waals surface area contributed by atoms with Crippen LogP contribution in [0.1, 0.15) is 195 Å². The molecular weight excluding hydrogens is 1000 g/mol. The summed E-state index contributed by atoms with van der Waals surface area (Å²) in [4.78, 5) is 54.6. The highest BCUT2D eigenvalue weighted by Crippen LogP contribution is 2.43.